The summed E-state index contributed by atoms with van der Waals surface area (Å²) in [6, 6.07) is 3.97. The number of benzene rings is 1. The maximum Gasteiger partial charge on any atom is 0.0397 e. The topological polar surface area (TPSA) is 52.0 Å². The fraction of sp³-hybridized carbons (Fsp3) is 0.500. The van der Waals surface area contributed by atoms with Crippen LogP contribution in [0.3, 0.4) is 0 Å². The molecule has 0 amide bonds. The van der Waals surface area contributed by atoms with Crippen molar-refractivity contribution in [3.8, 4) is 0 Å². The molecule has 2 nitrogen and oxygen atoms in total. The van der Waals surface area contributed by atoms with Gasteiger partial charge in [0.15, 0.2) is 0 Å². The molecule has 4 N–H and O–H groups in total. The van der Waals surface area contributed by atoms with Crippen LogP contribution in [0, 0.1) is 12.3 Å². The Morgan fingerprint density at radius 2 is 1.71 bits per heavy atom. The predicted octanol–water partition coefficient (Wildman–Crippen LogP) is 2.75. The van der Waals surface area contributed by atoms with Crippen LogP contribution in [0.15, 0.2) is 12.1 Å². The minimum Gasteiger partial charge on any atom is -0.398 e. The molecule has 2 heteroatoms. The highest BCUT2D eigenvalue weighted by Gasteiger charge is 2.14. The summed E-state index contributed by atoms with van der Waals surface area (Å²) < 4.78 is 0. The van der Waals surface area contributed by atoms with E-state index in [9.17, 15) is 0 Å². The molecule has 0 saturated heterocycles. The molecule has 1 rings (SSSR count). The van der Waals surface area contributed by atoms with Gasteiger partial charge in [-0.15, -0.1) is 0 Å². The van der Waals surface area contributed by atoms with Crippen LogP contribution in [0.4, 0.5) is 11.4 Å². The Kier molecular flexibility index (Phi) is 2.74. The van der Waals surface area contributed by atoms with E-state index < -0.39 is 0 Å². The molecule has 0 heterocycles. The van der Waals surface area contributed by atoms with Crippen molar-refractivity contribution < 1.29 is 0 Å². The van der Waals surface area contributed by atoms with Gasteiger partial charge >= 0.3 is 0 Å². The van der Waals surface area contributed by atoms with E-state index in [2.05, 4.69) is 20.8 Å². The second kappa shape index (κ2) is 3.52. The van der Waals surface area contributed by atoms with Gasteiger partial charge < -0.3 is 11.5 Å². The third-order valence-corrected chi connectivity index (χ3v) is 2.37. The summed E-state index contributed by atoms with van der Waals surface area (Å²) in [5.74, 6) is 0. The van der Waals surface area contributed by atoms with Gasteiger partial charge in [0.05, 0.1) is 0 Å². The van der Waals surface area contributed by atoms with Crippen LogP contribution in [0.5, 0.6) is 0 Å². The fourth-order valence-corrected chi connectivity index (χ4v) is 1.53. The Bertz CT molecular complexity index is 335. The van der Waals surface area contributed by atoms with Gasteiger partial charge in [-0.2, -0.15) is 0 Å². The first kappa shape index (κ1) is 10.9. The largest absolute Gasteiger partial charge is 0.398 e. The van der Waals surface area contributed by atoms with Gasteiger partial charge in [0.2, 0.25) is 0 Å². The van der Waals surface area contributed by atoms with Crippen LogP contribution in [0.2, 0.25) is 0 Å². The molecular formula is C12H20N2. The number of nitrogens with two attached hydrogens (primary N) is 2. The SMILES string of the molecule is Cc1c(N)ccc(CC(C)(C)C)c1N. The van der Waals surface area contributed by atoms with Gasteiger partial charge in [-0.1, -0.05) is 26.8 Å². The average molecular weight is 192 g/mol. The molecular weight excluding hydrogens is 172 g/mol. The van der Waals surface area contributed by atoms with E-state index in [0.29, 0.717) is 0 Å². The minimum absolute atomic E-state index is 0.261. The van der Waals surface area contributed by atoms with E-state index in [-0.39, 0.29) is 5.41 Å². The molecule has 0 unspecified atom stereocenters. The standard InChI is InChI=1S/C12H20N2/c1-8-10(13)6-5-9(11(8)14)7-12(2,3)4/h5-6H,7,13-14H2,1-4H3. The van der Waals surface area contributed by atoms with E-state index in [1.165, 1.54) is 5.56 Å². The first-order valence-electron chi connectivity index (χ1n) is 4.95. The molecule has 1 aromatic rings. The summed E-state index contributed by atoms with van der Waals surface area (Å²) in [6.45, 7) is 8.59. The average Bonchev–Trinajstić information content (AvgIpc) is 2.04. The van der Waals surface area contributed by atoms with Crippen molar-refractivity contribution in [1.29, 1.82) is 0 Å². The maximum absolute atomic E-state index is 6.01. The molecule has 0 radical (unpaired) electrons. The highest BCUT2D eigenvalue weighted by Crippen LogP contribution is 2.28. The summed E-state index contributed by atoms with van der Waals surface area (Å²) in [7, 11) is 0. The lowest BCUT2D eigenvalue weighted by Gasteiger charge is -2.20. The van der Waals surface area contributed by atoms with Crippen LogP contribution in [0.25, 0.3) is 0 Å². The molecule has 0 bridgehead atoms. The van der Waals surface area contributed by atoms with E-state index in [1.54, 1.807) is 0 Å². The molecule has 0 fully saturated rings. The van der Waals surface area contributed by atoms with Crippen molar-refractivity contribution in [2.75, 3.05) is 11.5 Å². The van der Waals surface area contributed by atoms with Crippen LogP contribution in [0.1, 0.15) is 31.9 Å². The Balaban J connectivity index is 3.06. The van der Waals surface area contributed by atoms with Gasteiger partial charge in [0.25, 0.3) is 0 Å². The van der Waals surface area contributed by atoms with Crippen molar-refractivity contribution in [2.45, 2.75) is 34.1 Å². The fourth-order valence-electron chi connectivity index (χ4n) is 1.53. The molecule has 14 heavy (non-hydrogen) atoms. The van der Waals surface area contributed by atoms with Crippen molar-refractivity contribution in [3.05, 3.63) is 23.3 Å². The molecule has 0 saturated carbocycles. The molecule has 78 valence electrons. The summed E-state index contributed by atoms with van der Waals surface area (Å²) >= 11 is 0. The maximum atomic E-state index is 6.01. The van der Waals surface area contributed by atoms with Gasteiger partial charge in [-0.25, -0.2) is 0 Å². The lowest BCUT2D eigenvalue weighted by Crippen LogP contribution is -2.12. The summed E-state index contributed by atoms with van der Waals surface area (Å²) in [4.78, 5) is 0. The minimum atomic E-state index is 0.261. The zero-order valence-corrected chi connectivity index (χ0v) is 9.52. The highest BCUT2D eigenvalue weighted by atomic mass is 14.6. The van der Waals surface area contributed by atoms with E-state index in [1.807, 2.05) is 19.1 Å². The van der Waals surface area contributed by atoms with Crippen molar-refractivity contribution in [3.63, 3.8) is 0 Å². The van der Waals surface area contributed by atoms with Crippen LogP contribution in [-0.4, -0.2) is 0 Å². The Hall–Kier alpha value is -1.18. The van der Waals surface area contributed by atoms with Gasteiger partial charge in [0, 0.05) is 11.4 Å². The molecule has 1 aromatic carbocycles. The number of rotatable bonds is 1. The number of anilines is 2. The molecule has 0 atom stereocenters. The summed E-state index contributed by atoms with van der Waals surface area (Å²) in [5, 5.41) is 0. The number of nitrogen functional groups attached to an aromatic ring is 2. The summed E-state index contributed by atoms with van der Waals surface area (Å²) in [5.41, 5.74) is 15.9. The Morgan fingerprint density at radius 1 is 1.14 bits per heavy atom. The van der Waals surface area contributed by atoms with Gasteiger partial charge in [0.1, 0.15) is 0 Å². The lowest BCUT2D eigenvalue weighted by atomic mass is 9.86. The smallest absolute Gasteiger partial charge is 0.0397 e. The Labute approximate surface area is 86.3 Å². The highest BCUT2D eigenvalue weighted by molar-refractivity contribution is 5.64. The summed E-state index contributed by atoms with van der Waals surface area (Å²) in [6.07, 6.45) is 0.986. The first-order valence-corrected chi connectivity index (χ1v) is 4.95. The predicted molar refractivity (Wildman–Crippen MR) is 63.2 cm³/mol. The molecule has 0 aliphatic carbocycles. The lowest BCUT2D eigenvalue weighted by molar-refractivity contribution is 0.412. The first-order chi connectivity index (χ1) is 6.31. The molecule has 0 aliphatic heterocycles. The van der Waals surface area contributed by atoms with Crippen molar-refractivity contribution >= 4 is 11.4 Å². The second-order valence-corrected chi connectivity index (χ2v) is 5.09. The zero-order valence-electron chi connectivity index (χ0n) is 9.52. The van der Waals surface area contributed by atoms with Crippen molar-refractivity contribution in [2.24, 2.45) is 5.41 Å². The number of hydrogen-bond donors (Lipinski definition) is 2. The Morgan fingerprint density at radius 3 is 2.21 bits per heavy atom. The van der Waals surface area contributed by atoms with E-state index in [4.69, 9.17) is 11.5 Å². The quantitative estimate of drug-likeness (QED) is 0.672. The molecule has 0 aliphatic rings. The van der Waals surface area contributed by atoms with Crippen molar-refractivity contribution in [1.82, 2.24) is 0 Å². The van der Waals surface area contributed by atoms with Crippen LogP contribution < -0.4 is 11.5 Å². The molecule has 0 spiro atoms. The third-order valence-electron chi connectivity index (χ3n) is 2.37. The van der Waals surface area contributed by atoms with E-state index in [0.717, 1.165) is 23.4 Å². The van der Waals surface area contributed by atoms with Gasteiger partial charge in [-0.3, -0.25) is 0 Å². The monoisotopic (exact) mass is 192 g/mol. The third kappa shape index (κ3) is 2.41. The second-order valence-electron chi connectivity index (χ2n) is 5.09. The molecule has 0 aromatic heterocycles. The normalized spacial score (nSPS) is 11.7. The van der Waals surface area contributed by atoms with Crippen LogP contribution >= 0.6 is 0 Å². The van der Waals surface area contributed by atoms with E-state index >= 15 is 0 Å². The number of hydrogen-bond acceptors (Lipinski definition) is 2. The van der Waals surface area contributed by atoms with Gasteiger partial charge in [-0.05, 0) is 36.0 Å². The zero-order chi connectivity index (χ0) is 10.9. The van der Waals surface area contributed by atoms with Crippen LogP contribution in [-0.2, 0) is 6.42 Å².